The molecule has 0 saturated carbocycles. The number of hydrogen-bond donors (Lipinski definition) is 2. The van der Waals surface area contributed by atoms with Gasteiger partial charge >= 0.3 is 0 Å². The fourth-order valence-corrected chi connectivity index (χ4v) is 2.38. The Labute approximate surface area is 142 Å². The molecule has 0 fully saturated rings. The van der Waals surface area contributed by atoms with Gasteiger partial charge in [0.25, 0.3) is 5.56 Å². The highest BCUT2D eigenvalue weighted by molar-refractivity contribution is 5.73. The van der Waals surface area contributed by atoms with E-state index in [0.29, 0.717) is 22.9 Å². The first kappa shape index (κ1) is 14.8. The fourth-order valence-electron chi connectivity index (χ4n) is 2.38. The van der Waals surface area contributed by atoms with Crippen molar-refractivity contribution in [3.05, 3.63) is 77.6 Å². The van der Waals surface area contributed by atoms with Gasteiger partial charge in [0, 0.05) is 24.1 Å². The Bertz CT molecular complexity index is 1030. The van der Waals surface area contributed by atoms with Crippen LogP contribution in [0.2, 0.25) is 0 Å². The summed E-state index contributed by atoms with van der Waals surface area (Å²) in [4.78, 5) is 20.7. The molecule has 1 aromatic carbocycles. The number of hydrogen-bond acceptors (Lipinski definition) is 6. The van der Waals surface area contributed by atoms with E-state index in [0.717, 1.165) is 5.69 Å². The van der Waals surface area contributed by atoms with Crippen molar-refractivity contribution in [3.8, 4) is 17.2 Å². The zero-order valence-electron chi connectivity index (χ0n) is 13.0. The minimum absolute atomic E-state index is 0.262. The van der Waals surface area contributed by atoms with Gasteiger partial charge in [0.1, 0.15) is 6.33 Å². The van der Waals surface area contributed by atoms with Crippen molar-refractivity contribution in [3.63, 3.8) is 0 Å². The third-order valence-corrected chi connectivity index (χ3v) is 3.52. The van der Waals surface area contributed by atoms with Gasteiger partial charge in [-0.05, 0) is 24.3 Å². The molecule has 3 heterocycles. The number of nitrogens with zero attached hydrogens (tertiary/aromatic N) is 5. The summed E-state index contributed by atoms with van der Waals surface area (Å²) >= 11 is 0. The summed E-state index contributed by atoms with van der Waals surface area (Å²) in [6, 6.07) is 14.3. The van der Waals surface area contributed by atoms with E-state index in [1.165, 1.54) is 17.1 Å². The second kappa shape index (κ2) is 6.36. The van der Waals surface area contributed by atoms with Crippen molar-refractivity contribution in [1.82, 2.24) is 29.9 Å². The Hall–Kier alpha value is -3.81. The Morgan fingerprint density at radius 1 is 1.04 bits per heavy atom. The zero-order valence-corrected chi connectivity index (χ0v) is 13.0. The van der Waals surface area contributed by atoms with Gasteiger partial charge in [-0.3, -0.25) is 14.9 Å². The fraction of sp³-hybridized carbons (Fsp3) is 0. The molecule has 8 nitrogen and oxygen atoms in total. The maximum Gasteiger partial charge on any atom is 0.273 e. The van der Waals surface area contributed by atoms with E-state index in [4.69, 9.17) is 0 Å². The van der Waals surface area contributed by atoms with Crippen LogP contribution in [0.4, 0.5) is 11.4 Å². The molecule has 3 aromatic heterocycles. The summed E-state index contributed by atoms with van der Waals surface area (Å²) < 4.78 is 1.32. The van der Waals surface area contributed by atoms with Crippen LogP contribution in [0.25, 0.3) is 17.2 Å². The summed E-state index contributed by atoms with van der Waals surface area (Å²) in [5.74, 6) is 0.390. The Morgan fingerprint density at radius 3 is 2.56 bits per heavy atom. The number of rotatable bonds is 4. The molecule has 2 N–H and O–H groups in total. The van der Waals surface area contributed by atoms with Crippen LogP contribution in [-0.4, -0.2) is 29.9 Å². The highest BCUT2D eigenvalue weighted by atomic mass is 16.1. The van der Waals surface area contributed by atoms with E-state index >= 15 is 0 Å². The minimum atomic E-state index is -0.262. The predicted molar refractivity (Wildman–Crippen MR) is 92.7 cm³/mol. The van der Waals surface area contributed by atoms with Gasteiger partial charge in [0.05, 0.1) is 11.4 Å². The van der Waals surface area contributed by atoms with E-state index in [9.17, 15) is 4.79 Å². The van der Waals surface area contributed by atoms with Gasteiger partial charge in [-0.2, -0.15) is 14.9 Å². The molecule has 25 heavy (non-hydrogen) atoms. The van der Waals surface area contributed by atoms with E-state index in [1.54, 1.807) is 24.5 Å². The van der Waals surface area contributed by atoms with Crippen LogP contribution in [0.5, 0.6) is 0 Å². The normalized spacial score (nSPS) is 10.6. The molecule has 4 rings (SSSR count). The molecule has 0 saturated heterocycles. The van der Waals surface area contributed by atoms with Crippen molar-refractivity contribution in [2.45, 2.75) is 0 Å². The standard InChI is InChI=1S/C17H13N7O/c25-15-10-14(21-12-6-8-18-9-7-12)16(17-19-11-20-22-17)23-24(15)13-4-2-1-3-5-13/h1-11H,(H,18,21)(H,19,20,22). The number of aromatic nitrogens is 6. The molecule has 0 bridgehead atoms. The summed E-state index contributed by atoms with van der Waals surface area (Å²) in [6.45, 7) is 0. The Morgan fingerprint density at radius 2 is 1.84 bits per heavy atom. The van der Waals surface area contributed by atoms with Crippen molar-refractivity contribution in [2.75, 3.05) is 5.32 Å². The third-order valence-electron chi connectivity index (χ3n) is 3.52. The molecule has 0 unspecified atom stereocenters. The lowest BCUT2D eigenvalue weighted by Crippen LogP contribution is -2.22. The molecule has 0 aliphatic carbocycles. The topological polar surface area (TPSA) is 101 Å². The van der Waals surface area contributed by atoms with E-state index < -0.39 is 0 Å². The van der Waals surface area contributed by atoms with Crippen molar-refractivity contribution >= 4 is 11.4 Å². The number of pyridine rings is 1. The summed E-state index contributed by atoms with van der Waals surface area (Å²) in [5.41, 5.74) is 2.16. The average Bonchev–Trinajstić information content (AvgIpc) is 3.18. The third kappa shape index (κ3) is 3.00. The molecule has 0 atom stereocenters. The Kier molecular flexibility index (Phi) is 3.76. The minimum Gasteiger partial charge on any atom is -0.353 e. The number of para-hydroxylation sites is 1. The highest BCUT2D eigenvalue weighted by Crippen LogP contribution is 2.24. The Balaban J connectivity index is 1.87. The van der Waals surface area contributed by atoms with Crippen LogP contribution in [0.15, 0.2) is 72.0 Å². The van der Waals surface area contributed by atoms with E-state index in [1.807, 2.05) is 30.3 Å². The van der Waals surface area contributed by atoms with Gasteiger partial charge in [0.15, 0.2) is 5.69 Å². The lowest BCUT2D eigenvalue weighted by molar-refractivity contribution is 0.809. The smallest absolute Gasteiger partial charge is 0.273 e. The first-order chi connectivity index (χ1) is 12.3. The first-order valence-corrected chi connectivity index (χ1v) is 7.54. The monoisotopic (exact) mass is 331 g/mol. The van der Waals surface area contributed by atoms with E-state index in [-0.39, 0.29) is 5.56 Å². The second-order valence-corrected chi connectivity index (χ2v) is 5.18. The van der Waals surface area contributed by atoms with Crippen molar-refractivity contribution in [1.29, 1.82) is 0 Å². The molecule has 0 spiro atoms. The maximum atomic E-state index is 12.6. The predicted octanol–water partition coefficient (Wildman–Crippen LogP) is 2.16. The summed E-state index contributed by atoms with van der Waals surface area (Å²) in [6.07, 6.45) is 4.78. The van der Waals surface area contributed by atoms with Crippen molar-refractivity contribution in [2.24, 2.45) is 0 Å². The number of nitrogens with one attached hydrogen (secondary N) is 2. The quantitative estimate of drug-likeness (QED) is 0.594. The van der Waals surface area contributed by atoms with Gasteiger partial charge in [0.2, 0.25) is 5.82 Å². The van der Waals surface area contributed by atoms with Gasteiger partial charge in [-0.25, -0.2) is 4.98 Å². The molecular weight excluding hydrogens is 318 g/mol. The molecule has 0 aliphatic heterocycles. The summed E-state index contributed by atoms with van der Waals surface area (Å²) in [7, 11) is 0. The van der Waals surface area contributed by atoms with Crippen LogP contribution in [0.3, 0.4) is 0 Å². The molecule has 8 heteroatoms. The van der Waals surface area contributed by atoms with Gasteiger partial charge in [-0.15, -0.1) is 0 Å². The molecule has 4 aromatic rings. The maximum absolute atomic E-state index is 12.6. The lowest BCUT2D eigenvalue weighted by atomic mass is 10.2. The largest absolute Gasteiger partial charge is 0.353 e. The van der Waals surface area contributed by atoms with Crippen LogP contribution in [0.1, 0.15) is 0 Å². The molecule has 0 radical (unpaired) electrons. The van der Waals surface area contributed by atoms with Gasteiger partial charge < -0.3 is 5.32 Å². The molecule has 0 amide bonds. The first-order valence-electron chi connectivity index (χ1n) is 7.54. The summed E-state index contributed by atoms with van der Waals surface area (Å²) in [5, 5.41) is 14.4. The lowest BCUT2D eigenvalue weighted by Gasteiger charge is -2.12. The number of aromatic amines is 1. The van der Waals surface area contributed by atoms with Crippen LogP contribution >= 0.6 is 0 Å². The second-order valence-electron chi connectivity index (χ2n) is 5.18. The zero-order chi connectivity index (χ0) is 17.1. The highest BCUT2D eigenvalue weighted by Gasteiger charge is 2.15. The average molecular weight is 331 g/mol. The molecular formula is C17H13N7O. The van der Waals surface area contributed by atoms with Crippen molar-refractivity contribution < 1.29 is 0 Å². The SMILES string of the molecule is O=c1cc(Nc2ccncc2)c(-c2nc[nH]n2)nn1-c1ccccc1. The van der Waals surface area contributed by atoms with E-state index in [2.05, 4.69) is 30.6 Å². The molecule has 0 aliphatic rings. The van der Waals surface area contributed by atoms with Crippen LogP contribution in [0, 0.1) is 0 Å². The molecule has 122 valence electrons. The van der Waals surface area contributed by atoms with Gasteiger partial charge in [-0.1, -0.05) is 18.2 Å². The van der Waals surface area contributed by atoms with Crippen LogP contribution < -0.4 is 10.9 Å². The number of H-pyrrole nitrogens is 1. The number of benzene rings is 1. The van der Waals surface area contributed by atoms with Crippen LogP contribution in [-0.2, 0) is 0 Å². The number of anilines is 2.